The van der Waals surface area contributed by atoms with Crippen molar-refractivity contribution >= 4 is 55.9 Å². The first-order chi connectivity index (χ1) is 19.6. The van der Waals surface area contributed by atoms with Gasteiger partial charge in [0, 0.05) is 50.2 Å². The summed E-state index contributed by atoms with van der Waals surface area (Å²) in [5.41, 5.74) is 4.09. The molecule has 212 valence electrons. The Morgan fingerprint density at radius 2 is 1.61 bits per heavy atom. The van der Waals surface area contributed by atoms with Crippen LogP contribution >= 0.6 is 23.7 Å². The third-order valence-electron chi connectivity index (χ3n) is 7.29. The van der Waals surface area contributed by atoms with Crippen molar-refractivity contribution in [3.8, 4) is 22.8 Å². The molecule has 0 spiro atoms. The summed E-state index contributed by atoms with van der Waals surface area (Å²) in [5.74, 6) is 1.49. The number of methoxy groups -OCH3 is 2. The van der Waals surface area contributed by atoms with Gasteiger partial charge in [0.15, 0.2) is 5.13 Å². The Kier molecular flexibility index (Phi) is 8.87. The van der Waals surface area contributed by atoms with Gasteiger partial charge in [-0.05, 0) is 24.3 Å². The first-order valence-corrected chi connectivity index (χ1v) is 14.2. The summed E-state index contributed by atoms with van der Waals surface area (Å²) in [5, 5.41) is 4.98. The fourth-order valence-corrected chi connectivity index (χ4v) is 6.24. The third kappa shape index (κ3) is 5.93. The lowest BCUT2D eigenvalue weighted by Crippen LogP contribution is -2.48. The number of thiazole rings is 1. The Bertz CT molecular complexity index is 1610. The van der Waals surface area contributed by atoms with E-state index in [9.17, 15) is 4.79 Å². The van der Waals surface area contributed by atoms with Crippen molar-refractivity contribution in [3.63, 3.8) is 0 Å². The molecule has 1 aliphatic heterocycles. The predicted octanol–water partition coefficient (Wildman–Crippen LogP) is 5.50. The maximum Gasteiger partial charge on any atom is 0.252 e. The van der Waals surface area contributed by atoms with Crippen molar-refractivity contribution < 1.29 is 14.3 Å². The van der Waals surface area contributed by atoms with E-state index in [1.54, 1.807) is 25.6 Å². The fourth-order valence-electron chi connectivity index (χ4n) is 5.12. The van der Waals surface area contributed by atoms with Crippen molar-refractivity contribution in [2.75, 3.05) is 58.4 Å². The summed E-state index contributed by atoms with van der Waals surface area (Å²) in [7, 11) is 3.34. The van der Waals surface area contributed by atoms with Crippen molar-refractivity contribution in [3.05, 3.63) is 78.4 Å². The van der Waals surface area contributed by atoms with Gasteiger partial charge in [0.2, 0.25) is 0 Å². The van der Waals surface area contributed by atoms with Crippen molar-refractivity contribution in [2.24, 2.45) is 0 Å². The summed E-state index contributed by atoms with van der Waals surface area (Å²) in [6.45, 7) is 4.90. The quantitative estimate of drug-likeness (QED) is 0.256. The lowest BCUT2D eigenvalue weighted by atomic mass is 10.0. The molecule has 0 aliphatic carbocycles. The third-order valence-corrected chi connectivity index (χ3v) is 8.42. The first-order valence-electron chi connectivity index (χ1n) is 13.4. The second-order valence-corrected chi connectivity index (χ2v) is 10.6. The molecule has 0 saturated carbocycles. The Morgan fingerprint density at radius 3 is 2.37 bits per heavy atom. The van der Waals surface area contributed by atoms with Crippen LogP contribution in [0.2, 0.25) is 0 Å². The van der Waals surface area contributed by atoms with Crippen LogP contribution in [0.4, 0.5) is 5.13 Å². The van der Waals surface area contributed by atoms with Gasteiger partial charge >= 0.3 is 0 Å². The molecule has 41 heavy (non-hydrogen) atoms. The molecule has 1 aliphatic rings. The number of nitrogens with one attached hydrogen (secondary N) is 1. The number of benzene rings is 3. The minimum Gasteiger partial charge on any atom is -0.495 e. The Balaban J connectivity index is 0.00000337. The number of piperazine rings is 1. The van der Waals surface area contributed by atoms with Crippen LogP contribution in [-0.4, -0.2) is 74.3 Å². The van der Waals surface area contributed by atoms with Gasteiger partial charge < -0.3 is 19.7 Å². The lowest BCUT2D eigenvalue weighted by Gasteiger charge is -2.34. The summed E-state index contributed by atoms with van der Waals surface area (Å²) in [4.78, 5) is 27.7. The number of ether oxygens (including phenoxy) is 2. The zero-order valence-electron chi connectivity index (χ0n) is 23.0. The largest absolute Gasteiger partial charge is 0.495 e. The van der Waals surface area contributed by atoms with Crippen molar-refractivity contribution in [2.45, 2.75) is 0 Å². The Morgan fingerprint density at radius 1 is 0.902 bits per heavy atom. The van der Waals surface area contributed by atoms with Crippen LogP contribution in [0.5, 0.6) is 11.5 Å². The monoisotopic (exact) mass is 589 g/mol. The van der Waals surface area contributed by atoms with Crippen LogP contribution in [-0.2, 0) is 0 Å². The topological polar surface area (TPSA) is 79.8 Å². The van der Waals surface area contributed by atoms with Gasteiger partial charge in [-0.25, -0.2) is 9.97 Å². The molecular formula is C31H32ClN5O3S. The van der Waals surface area contributed by atoms with E-state index in [1.807, 2.05) is 72.8 Å². The van der Waals surface area contributed by atoms with Gasteiger partial charge in [0.25, 0.3) is 5.91 Å². The Hall–Kier alpha value is -3.92. The molecule has 1 saturated heterocycles. The first kappa shape index (κ1) is 28.6. The number of aromatic nitrogens is 2. The van der Waals surface area contributed by atoms with E-state index < -0.39 is 0 Å². The molecule has 8 nitrogen and oxygen atoms in total. The van der Waals surface area contributed by atoms with Crippen LogP contribution < -0.4 is 19.7 Å². The molecule has 0 radical (unpaired) electrons. The van der Waals surface area contributed by atoms with E-state index in [2.05, 4.69) is 15.1 Å². The number of hydrogen-bond donors (Lipinski definition) is 1. The Labute approximate surface area is 249 Å². The molecule has 0 unspecified atom stereocenters. The average Bonchev–Trinajstić information content (AvgIpc) is 3.46. The van der Waals surface area contributed by atoms with Gasteiger partial charge in [0.1, 0.15) is 21.7 Å². The maximum absolute atomic E-state index is 13.3. The fraction of sp³-hybridized carbons (Fsp3) is 0.258. The average molecular weight is 590 g/mol. The lowest BCUT2D eigenvalue weighted by molar-refractivity contribution is 0.0949. The smallest absolute Gasteiger partial charge is 0.252 e. The number of rotatable bonds is 8. The number of pyridine rings is 1. The summed E-state index contributed by atoms with van der Waals surface area (Å²) < 4.78 is 12.1. The number of amides is 1. The molecule has 1 amide bonds. The highest BCUT2D eigenvalue weighted by Gasteiger charge is 2.22. The van der Waals surface area contributed by atoms with E-state index in [0.29, 0.717) is 12.1 Å². The number of fused-ring (bicyclic) bond motifs is 2. The van der Waals surface area contributed by atoms with Gasteiger partial charge in [-0.15, -0.1) is 12.4 Å². The van der Waals surface area contributed by atoms with E-state index in [4.69, 9.17) is 19.4 Å². The van der Waals surface area contributed by atoms with Gasteiger partial charge in [0.05, 0.1) is 31.0 Å². The minimum absolute atomic E-state index is 0. The highest BCUT2D eigenvalue weighted by molar-refractivity contribution is 7.22. The van der Waals surface area contributed by atoms with Crippen LogP contribution in [0.1, 0.15) is 10.4 Å². The molecule has 3 aromatic carbocycles. The standard InChI is InChI=1S/C31H31N5O3S.ClH/c1-38-26-12-13-27(39-2)29-28(26)34-31(40-29)36-18-16-35(17-19-36)15-14-32-30(37)23-20-25(21-8-4-3-5-9-21)33-24-11-7-6-10-22(23)24;/h3-13,20H,14-19H2,1-2H3,(H,32,37);1H. The summed E-state index contributed by atoms with van der Waals surface area (Å²) in [6, 6.07) is 23.5. The van der Waals surface area contributed by atoms with E-state index >= 15 is 0 Å². The second kappa shape index (κ2) is 12.7. The number of carbonyl (C=O) groups is 1. The van der Waals surface area contributed by atoms with Gasteiger partial charge in [-0.3, -0.25) is 9.69 Å². The summed E-state index contributed by atoms with van der Waals surface area (Å²) >= 11 is 1.63. The number of halogens is 1. The van der Waals surface area contributed by atoms with E-state index in [-0.39, 0.29) is 18.3 Å². The second-order valence-electron chi connectivity index (χ2n) is 9.67. The molecule has 1 N–H and O–H groups in total. The minimum atomic E-state index is -0.0770. The highest BCUT2D eigenvalue weighted by atomic mass is 35.5. The van der Waals surface area contributed by atoms with Crippen molar-refractivity contribution in [1.82, 2.24) is 20.2 Å². The molecule has 0 atom stereocenters. The zero-order valence-corrected chi connectivity index (χ0v) is 24.6. The van der Waals surface area contributed by atoms with Crippen LogP contribution in [0.25, 0.3) is 32.4 Å². The molecule has 3 heterocycles. The van der Waals surface area contributed by atoms with Gasteiger partial charge in [-0.1, -0.05) is 59.9 Å². The van der Waals surface area contributed by atoms with Crippen LogP contribution in [0.3, 0.4) is 0 Å². The molecule has 1 fully saturated rings. The van der Waals surface area contributed by atoms with Crippen molar-refractivity contribution in [1.29, 1.82) is 0 Å². The van der Waals surface area contributed by atoms with E-state index in [0.717, 1.165) is 81.7 Å². The predicted molar refractivity (Wildman–Crippen MR) is 168 cm³/mol. The van der Waals surface area contributed by atoms with Gasteiger partial charge in [-0.2, -0.15) is 0 Å². The van der Waals surface area contributed by atoms with Crippen LogP contribution in [0, 0.1) is 0 Å². The van der Waals surface area contributed by atoms with Crippen LogP contribution in [0.15, 0.2) is 72.8 Å². The molecule has 6 rings (SSSR count). The number of nitrogens with zero attached hydrogens (tertiary/aromatic N) is 4. The molecular weight excluding hydrogens is 558 g/mol. The molecule has 10 heteroatoms. The molecule has 0 bridgehead atoms. The molecule has 5 aromatic rings. The number of carbonyl (C=O) groups excluding carboxylic acids is 1. The highest BCUT2D eigenvalue weighted by Crippen LogP contribution is 2.40. The normalized spacial score (nSPS) is 13.7. The number of anilines is 1. The summed E-state index contributed by atoms with van der Waals surface area (Å²) in [6.07, 6.45) is 0. The zero-order chi connectivity index (χ0) is 27.5. The SMILES string of the molecule is COc1ccc(OC)c2sc(N3CCN(CCNC(=O)c4cc(-c5ccccc5)nc5ccccc45)CC3)nc12.Cl. The number of para-hydroxylation sites is 1. The molecule has 2 aromatic heterocycles. The van der Waals surface area contributed by atoms with E-state index in [1.165, 1.54) is 0 Å². The number of hydrogen-bond acceptors (Lipinski definition) is 8. The maximum atomic E-state index is 13.3.